The normalized spacial score (nSPS) is 10.9. The van der Waals surface area contributed by atoms with Crippen molar-refractivity contribution in [2.75, 3.05) is 0 Å². The van der Waals surface area contributed by atoms with Gasteiger partial charge >= 0.3 is 0 Å². The molecule has 0 aliphatic heterocycles. The lowest BCUT2D eigenvalue weighted by molar-refractivity contribution is 0.279. The molecule has 0 fully saturated rings. The summed E-state index contributed by atoms with van der Waals surface area (Å²) >= 11 is 17.2. The van der Waals surface area contributed by atoms with Gasteiger partial charge in [0.1, 0.15) is 12.4 Å². The van der Waals surface area contributed by atoms with E-state index in [1.807, 2.05) is 0 Å². The van der Waals surface area contributed by atoms with Crippen LogP contribution in [0.2, 0.25) is 15.1 Å². The van der Waals surface area contributed by atoms with Gasteiger partial charge in [-0.15, -0.1) is 0 Å². The Kier molecular flexibility index (Phi) is 5.04. The third kappa shape index (κ3) is 3.09. The van der Waals surface area contributed by atoms with Gasteiger partial charge in [-0.05, 0) is 6.07 Å². The van der Waals surface area contributed by atoms with Crippen molar-refractivity contribution in [3.63, 3.8) is 0 Å². The smallest absolute Gasteiger partial charge is 0.200 e. The van der Waals surface area contributed by atoms with Gasteiger partial charge in [0.05, 0.1) is 20.6 Å². The van der Waals surface area contributed by atoms with E-state index in [1.165, 1.54) is 6.07 Å². The Labute approximate surface area is 136 Å². The lowest BCUT2D eigenvalue weighted by atomic mass is 10.2. The van der Waals surface area contributed by atoms with Crippen LogP contribution in [0.3, 0.4) is 0 Å². The van der Waals surface area contributed by atoms with E-state index >= 15 is 0 Å². The number of halogens is 8. The minimum absolute atomic E-state index is 0.0403. The Morgan fingerprint density at radius 3 is 1.68 bits per heavy atom. The van der Waals surface area contributed by atoms with E-state index in [-0.39, 0.29) is 20.8 Å². The fourth-order valence-electron chi connectivity index (χ4n) is 1.54. The van der Waals surface area contributed by atoms with Gasteiger partial charge in [0.15, 0.2) is 23.3 Å². The minimum Gasteiger partial charge on any atom is -0.487 e. The van der Waals surface area contributed by atoms with Crippen molar-refractivity contribution in [3.05, 3.63) is 61.9 Å². The minimum atomic E-state index is -2.24. The molecule has 0 spiro atoms. The van der Waals surface area contributed by atoms with Crippen LogP contribution in [-0.2, 0) is 6.61 Å². The monoisotopic (exact) mass is 376 g/mol. The van der Waals surface area contributed by atoms with Gasteiger partial charge in [0.25, 0.3) is 0 Å². The lowest BCUT2D eigenvalue weighted by Gasteiger charge is -2.11. The summed E-state index contributed by atoms with van der Waals surface area (Å²) in [4.78, 5) is 0. The third-order valence-electron chi connectivity index (χ3n) is 2.65. The highest BCUT2D eigenvalue weighted by atomic mass is 35.5. The molecule has 2 aromatic carbocycles. The zero-order chi connectivity index (χ0) is 16.6. The first-order chi connectivity index (χ1) is 10.2. The molecular formula is C13H4Cl3F5O. The molecular weight excluding hydrogens is 373 g/mol. The lowest BCUT2D eigenvalue weighted by Crippen LogP contribution is -2.10. The topological polar surface area (TPSA) is 9.23 Å². The second-order valence-electron chi connectivity index (χ2n) is 4.03. The molecule has 0 aliphatic rings. The first-order valence-corrected chi connectivity index (χ1v) is 6.65. The molecule has 0 radical (unpaired) electrons. The van der Waals surface area contributed by atoms with E-state index < -0.39 is 41.3 Å². The maximum absolute atomic E-state index is 13.5. The van der Waals surface area contributed by atoms with E-state index in [2.05, 4.69) is 0 Å². The summed E-state index contributed by atoms with van der Waals surface area (Å²) < 4.78 is 70.9. The predicted molar refractivity (Wildman–Crippen MR) is 72.0 cm³/mol. The highest BCUT2D eigenvalue weighted by Crippen LogP contribution is 2.34. The van der Waals surface area contributed by atoms with Gasteiger partial charge in [0, 0.05) is 6.07 Å². The average molecular weight is 378 g/mol. The summed E-state index contributed by atoms with van der Waals surface area (Å²) in [6.45, 7) is -0.941. The molecule has 0 unspecified atom stereocenters. The Balaban J connectivity index is 2.36. The van der Waals surface area contributed by atoms with Gasteiger partial charge in [0.2, 0.25) is 5.82 Å². The van der Waals surface area contributed by atoms with Crippen molar-refractivity contribution in [1.29, 1.82) is 0 Å². The van der Waals surface area contributed by atoms with E-state index in [4.69, 9.17) is 39.5 Å². The Hall–Kier alpha value is -1.24. The summed E-state index contributed by atoms with van der Waals surface area (Å²) in [5.41, 5.74) is -1.13. The van der Waals surface area contributed by atoms with Gasteiger partial charge in [-0.3, -0.25) is 0 Å². The van der Waals surface area contributed by atoms with Gasteiger partial charge in [-0.1, -0.05) is 34.8 Å². The van der Waals surface area contributed by atoms with Crippen molar-refractivity contribution in [1.82, 2.24) is 0 Å². The molecule has 0 amide bonds. The zero-order valence-corrected chi connectivity index (χ0v) is 12.6. The molecule has 1 nitrogen and oxygen atoms in total. The molecule has 2 rings (SSSR count). The zero-order valence-electron chi connectivity index (χ0n) is 10.3. The maximum atomic E-state index is 13.5. The van der Waals surface area contributed by atoms with E-state index in [0.717, 1.165) is 6.07 Å². The summed E-state index contributed by atoms with van der Waals surface area (Å²) in [7, 11) is 0. The highest BCUT2D eigenvalue weighted by molar-refractivity contribution is 6.43. The van der Waals surface area contributed by atoms with Crippen LogP contribution in [0.25, 0.3) is 0 Å². The third-order valence-corrected chi connectivity index (χ3v) is 3.67. The number of ether oxygens (including phenoxy) is 1. The standard InChI is InChI=1S/C13H4Cl3F5O/c14-5-1-7(16)8(2-6(5)15)22-3-4-9(17)11(19)13(21)12(20)10(4)18/h1-2H,3H2. The van der Waals surface area contributed by atoms with E-state index in [0.29, 0.717) is 0 Å². The molecule has 0 N–H and O–H groups in total. The fraction of sp³-hybridized carbons (Fsp3) is 0.0769. The van der Waals surface area contributed by atoms with Crippen molar-refractivity contribution >= 4 is 34.8 Å². The van der Waals surface area contributed by atoms with Crippen molar-refractivity contribution in [2.24, 2.45) is 0 Å². The first kappa shape index (κ1) is 17.1. The summed E-state index contributed by atoms with van der Waals surface area (Å²) in [6.07, 6.45) is 0. The van der Waals surface area contributed by atoms with Crippen LogP contribution in [0, 0.1) is 29.1 Å². The summed E-state index contributed by atoms with van der Waals surface area (Å²) in [6, 6.07) is 2.36. The van der Waals surface area contributed by atoms with Crippen LogP contribution in [-0.4, -0.2) is 0 Å². The highest BCUT2D eigenvalue weighted by Gasteiger charge is 2.26. The molecule has 0 atom stereocenters. The van der Waals surface area contributed by atoms with Gasteiger partial charge in [-0.25, -0.2) is 22.0 Å². The van der Waals surface area contributed by atoms with Crippen LogP contribution in [0.1, 0.15) is 5.56 Å². The maximum Gasteiger partial charge on any atom is 0.200 e. The molecule has 0 aromatic heterocycles. The number of hydrogen-bond donors (Lipinski definition) is 0. The quantitative estimate of drug-likeness (QED) is 0.366. The second kappa shape index (κ2) is 6.48. The van der Waals surface area contributed by atoms with Crippen LogP contribution in [0.5, 0.6) is 5.75 Å². The predicted octanol–water partition coefficient (Wildman–Crippen LogP) is 5.92. The van der Waals surface area contributed by atoms with Crippen LogP contribution in [0.15, 0.2) is 12.1 Å². The fourth-order valence-corrected chi connectivity index (χ4v) is 2.13. The summed E-state index contributed by atoms with van der Waals surface area (Å²) in [5.74, 6) is -10.4. The number of benzene rings is 2. The van der Waals surface area contributed by atoms with Gasteiger partial charge in [-0.2, -0.15) is 0 Å². The molecule has 0 saturated carbocycles. The molecule has 118 valence electrons. The molecule has 0 bridgehead atoms. The molecule has 0 heterocycles. The van der Waals surface area contributed by atoms with Crippen molar-refractivity contribution in [3.8, 4) is 5.75 Å². The van der Waals surface area contributed by atoms with E-state index in [1.54, 1.807) is 0 Å². The SMILES string of the molecule is Fc1c(F)c(F)c(COc2cc(Cl)c(Cl)cc2Cl)c(F)c1F. The van der Waals surface area contributed by atoms with Crippen LogP contribution in [0.4, 0.5) is 22.0 Å². The van der Waals surface area contributed by atoms with Crippen LogP contribution >= 0.6 is 34.8 Å². The second-order valence-corrected chi connectivity index (χ2v) is 5.26. The molecule has 0 saturated heterocycles. The molecule has 9 heteroatoms. The van der Waals surface area contributed by atoms with Crippen LogP contribution < -0.4 is 4.74 Å². The average Bonchev–Trinajstić information content (AvgIpc) is 2.48. The van der Waals surface area contributed by atoms with Crippen molar-refractivity contribution in [2.45, 2.75) is 6.61 Å². The molecule has 0 aliphatic carbocycles. The van der Waals surface area contributed by atoms with E-state index in [9.17, 15) is 22.0 Å². The molecule has 2 aromatic rings. The largest absolute Gasteiger partial charge is 0.487 e. The first-order valence-electron chi connectivity index (χ1n) is 5.51. The summed E-state index contributed by atoms with van der Waals surface area (Å²) in [5, 5.41) is 0.104. The number of rotatable bonds is 3. The van der Waals surface area contributed by atoms with Crippen molar-refractivity contribution < 1.29 is 26.7 Å². The number of hydrogen-bond acceptors (Lipinski definition) is 1. The molecule has 22 heavy (non-hydrogen) atoms. The Morgan fingerprint density at radius 2 is 1.14 bits per heavy atom. The Bertz CT molecular complexity index is 722. The van der Waals surface area contributed by atoms with Gasteiger partial charge < -0.3 is 4.74 Å². The Morgan fingerprint density at radius 1 is 0.682 bits per heavy atom.